The second-order valence-corrected chi connectivity index (χ2v) is 2.92. The Morgan fingerprint density at radius 2 is 2.00 bits per heavy atom. The van der Waals surface area contributed by atoms with E-state index in [2.05, 4.69) is 6.58 Å². The quantitative estimate of drug-likeness (QED) is 0.722. The number of aliphatic hydroxyl groups excluding tert-OH is 1. The highest BCUT2D eigenvalue weighted by molar-refractivity contribution is 5.28. The van der Waals surface area contributed by atoms with Crippen molar-refractivity contribution in [3.63, 3.8) is 0 Å². The molecule has 0 heterocycles. The second kappa shape index (κ2) is 3.86. The van der Waals surface area contributed by atoms with E-state index in [1.165, 1.54) is 6.07 Å². The summed E-state index contributed by atoms with van der Waals surface area (Å²) in [7, 11) is 0. The molecule has 1 atom stereocenters. The molecule has 0 spiro atoms. The van der Waals surface area contributed by atoms with E-state index in [-0.39, 0.29) is 5.56 Å². The van der Waals surface area contributed by atoms with E-state index in [0.29, 0.717) is 0 Å². The van der Waals surface area contributed by atoms with E-state index in [0.717, 1.165) is 18.2 Å². The van der Waals surface area contributed by atoms with Crippen molar-refractivity contribution in [2.45, 2.75) is 5.60 Å². The van der Waals surface area contributed by atoms with Gasteiger partial charge in [0.25, 0.3) is 0 Å². The van der Waals surface area contributed by atoms with Crippen molar-refractivity contribution in [2.24, 2.45) is 0 Å². The first-order valence-electron chi connectivity index (χ1n) is 3.96. The highest BCUT2D eigenvalue weighted by Crippen LogP contribution is 2.23. The van der Waals surface area contributed by atoms with Gasteiger partial charge in [0.2, 0.25) is 0 Å². The van der Waals surface area contributed by atoms with Crippen molar-refractivity contribution in [1.82, 2.24) is 0 Å². The SMILES string of the molecule is C=CC(O)(CO)c1ccc(F)c(F)c1. The largest absolute Gasteiger partial charge is 0.393 e. The molecule has 1 aromatic rings. The average Bonchev–Trinajstić information content (AvgIpc) is 2.21. The minimum Gasteiger partial charge on any atom is -0.393 e. The molecule has 0 saturated heterocycles. The second-order valence-electron chi connectivity index (χ2n) is 2.92. The van der Waals surface area contributed by atoms with Gasteiger partial charge in [-0.3, -0.25) is 0 Å². The maximum atomic E-state index is 12.8. The van der Waals surface area contributed by atoms with E-state index >= 15 is 0 Å². The first kappa shape index (κ1) is 10.8. The van der Waals surface area contributed by atoms with Gasteiger partial charge in [-0.1, -0.05) is 18.7 Å². The lowest BCUT2D eigenvalue weighted by molar-refractivity contribution is 0.0241. The minimum absolute atomic E-state index is 0.0638. The molecular formula is C10H10F2O2. The monoisotopic (exact) mass is 200 g/mol. The Balaban J connectivity index is 3.19. The van der Waals surface area contributed by atoms with E-state index in [1.807, 2.05) is 0 Å². The number of hydrogen-bond donors (Lipinski definition) is 2. The zero-order chi connectivity index (χ0) is 10.8. The number of halogens is 2. The molecule has 0 amide bonds. The zero-order valence-electron chi connectivity index (χ0n) is 7.37. The zero-order valence-corrected chi connectivity index (χ0v) is 7.37. The summed E-state index contributed by atoms with van der Waals surface area (Å²) in [5, 5.41) is 18.5. The van der Waals surface area contributed by atoms with Gasteiger partial charge in [-0.05, 0) is 17.7 Å². The van der Waals surface area contributed by atoms with Crippen LogP contribution in [0.25, 0.3) is 0 Å². The Morgan fingerprint density at radius 1 is 1.36 bits per heavy atom. The van der Waals surface area contributed by atoms with Gasteiger partial charge in [-0.2, -0.15) is 0 Å². The average molecular weight is 200 g/mol. The lowest BCUT2D eigenvalue weighted by Crippen LogP contribution is -2.27. The van der Waals surface area contributed by atoms with Gasteiger partial charge in [-0.15, -0.1) is 0 Å². The van der Waals surface area contributed by atoms with Gasteiger partial charge >= 0.3 is 0 Å². The summed E-state index contributed by atoms with van der Waals surface area (Å²) in [5.41, 5.74) is -1.66. The number of rotatable bonds is 3. The third-order valence-electron chi connectivity index (χ3n) is 2.00. The molecule has 14 heavy (non-hydrogen) atoms. The van der Waals surface area contributed by atoms with Crippen molar-refractivity contribution in [1.29, 1.82) is 0 Å². The number of benzene rings is 1. The van der Waals surface area contributed by atoms with Gasteiger partial charge in [-0.25, -0.2) is 8.78 Å². The molecule has 1 aromatic carbocycles. The van der Waals surface area contributed by atoms with Crippen LogP contribution in [-0.2, 0) is 5.60 Å². The first-order valence-corrected chi connectivity index (χ1v) is 3.96. The van der Waals surface area contributed by atoms with E-state index in [1.54, 1.807) is 0 Å². The molecule has 0 saturated carbocycles. The Morgan fingerprint density at radius 3 is 2.43 bits per heavy atom. The van der Waals surface area contributed by atoms with Crippen LogP contribution in [0.15, 0.2) is 30.9 Å². The summed E-state index contributed by atoms with van der Waals surface area (Å²) >= 11 is 0. The van der Waals surface area contributed by atoms with Crippen molar-refractivity contribution >= 4 is 0 Å². The van der Waals surface area contributed by atoms with Crippen molar-refractivity contribution in [2.75, 3.05) is 6.61 Å². The molecule has 2 N–H and O–H groups in total. The summed E-state index contributed by atoms with van der Waals surface area (Å²) in [6.45, 7) is 2.67. The standard InChI is InChI=1S/C10H10F2O2/c1-2-10(14,6-13)7-3-4-8(11)9(12)5-7/h2-5,13-14H,1,6H2. The molecule has 0 aliphatic carbocycles. The summed E-state index contributed by atoms with van der Waals surface area (Å²) in [6, 6.07) is 2.90. The van der Waals surface area contributed by atoms with Crippen LogP contribution < -0.4 is 0 Å². The molecule has 0 radical (unpaired) electrons. The Kier molecular flexibility index (Phi) is 2.98. The molecule has 0 fully saturated rings. The summed E-state index contributed by atoms with van der Waals surface area (Å²) in [6.07, 6.45) is 1.07. The highest BCUT2D eigenvalue weighted by atomic mass is 19.2. The lowest BCUT2D eigenvalue weighted by Gasteiger charge is -2.21. The third-order valence-corrected chi connectivity index (χ3v) is 2.00. The molecular weight excluding hydrogens is 190 g/mol. The van der Waals surface area contributed by atoms with Crippen LogP contribution in [0.1, 0.15) is 5.56 Å². The van der Waals surface area contributed by atoms with Gasteiger partial charge in [0.15, 0.2) is 11.6 Å². The fraction of sp³-hybridized carbons (Fsp3) is 0.200. The predicted molar refractivity (Wildman–Crippen MR) is 47.5 cm³/mol. The van der Waals surface area contributed by atoms with Crippen molar-refractivity contribution in [3.8, 4) is 0 Å². The van der Waals surface area contributed by atoms with E-state index in [9.17, 15) is 13.9 Å². The van der Waals surface area contributed by atoms with E-state index < -0.39 is 23.8 Å². The van der Waals surface area contributed by atoms with Crippen LogP contribution in [0, 0.1) is 11.6 Å². The highest BCUT2D eigenvalue weighted by Gasteiger charge is 2.25. The maximum absolute atomic E-state index is 12.8. The summed E-state index contributed by atoms with van der Waals surface area (Å²) in [5.74, 6) is -2.07. The van der Waals surface area contributed by atoms with Gasteiger partial charge in [0.1, 0.15) is 5.60 Å². The third kappa shape index (κ3) is 1.81. The lowest BCUT2D eigenvalue weighted by atomic mass is 9.95. The van der Waals surface area contributed by atoms with Crippen LogP contribution in [0.5, 0.6) is 0 Å². The van der Waals surface area contributed by atoms with Crippen LogP contribution in [0.3, 0.4) is 0 Å². The van der Waals surface area contributed by atoms with Crippen LogP contribution in [-0.4, -0.2) is 16.8 Å². The molecule has 0 aliphatic rings. The molecule has 4 heteroatoms. The molecule has 76 valence electrons. The summed E-state index contributed by atoms with van der Waals surface area (Å²) in [4.78, 5) is 0. The Bertz CT molecular complexity index is 352. The predicted octanol–water partition coefficient (Wildman–Crippen LogP) is 1.33. The van der Waals surface area contributed by atoms with Crippen LogP contribution in [0.4, 0.5) is 8.78 Å². The van der Waals surface area contributed by atoms with Crippen molar-refractivity contribution in [3.05, 3.63) is 48.1 Å². The fourth-order valence-corrected chi connectivity index (χ4v) is 1.04. The molecule has 0 bridgehead atoms. The van der Waals surface area contributed by atoms with Gasteiger partial charge < -0.3 is 10.2 Å². The normalized spacial score (nSPS) is 14.9. The fourth-order valence-electron chi connectivity index (χ4n) is 1.04. The van der Waals surface area contributed by atoms with Crippen LogP contribution >= 0.6 is 0 Å². The topological polar surface area (TPSA) is 40.5 Å². The molecule has 0 aliphatic heterocycles. The van der Waals surface area contributed by atoms with Gasteiger partial charge in [0, 0.05) is 0 Å². The Labute approximate surface area is 80.1 Å². The van der Waals surface area contributed by atoms with E-state index in [4.69, 9.17) is 5.11 Å². The Hall–Kier alpha value is -1.26. The minimum atomic E-state index is -1.73. The number of aliphatic hydroxyl groups is 2. The summed E-state index contributed by atoms with van der Waals surface area (Å²) < 4.78 is 25.3. The first-order chi connectivity index (χ1) is 6.53. The van der Waals surface area contributed by atoms with Gasteiger partial charge in [0.05, 0.1) is 6.61 Å². The maximum Gasteiger partial charge on any atom is 0.159 e. The number of hydrogen-bond acceptors (Lipinski definition) is 2. The molecule has 2 nitrogen and oxygen atoms in total. The molecule has 0 aromatic heterocycles. The van der Waals surface area contributed by atoms with Crippen LogP contribution in [0.2, 0.25) is 0 Å². The smallest absolute Gasteiger partial charge is 0.159 e. The van der Waals surface area contributed by atoms with Crippen molar-refractivity contribution < 1.29 is 19.0 Å². The molecule has 1 rings (SSSR count). The molecule has 1 unspecified atom stereocenters.